The number of carboxylic acids is 1. The lowest BCUT2D eigenvalue weighted by Gasteiger charge is -2.32. The van der Waals surface area contributed by atoms with Crippen LogP contribution in [-0.4, -0.2) is 35.7 Å². The molecule has 0 saturated heterocycles. The Labute approximate surface area is 103 Å². The van der Waals surface area contributed by atoms with Crippen LogP contribution in [0, 0.1) is 5.41 Å². The zero-order valence-electron chi connectivity index (χ0n) is 11.5. The third kappa shape index (κ3) is 4.00. The van der Waals surface area contributed by atoms with E-state index >= 15 is 0 Å². The highest BCUT2D eigenvalue weighted by molar-refractivity contribution is 5.89. The molecule has 0 bridgehead atoms. The molecule has 0 aromatic carbocycles. The summed E-state index contributed by atoms with van der Waals surface area (Å²) in [4.78, 5) is 23.1. The van der Waals surface area contributed by atoms with Crippen molar-refractivity contribution in [3.8, 4) is 0 Å². The minimum Gasteiger partial charge on any atom is -0.480 e. The number of carboxylic acid groups (broad SMARTS) is 1. The molecule has 0 aromatic rings. The van der Waals surface area contributed by atoms with E-state index in [1.165, 1.54) is 7.11 Å². The topological polar surface area (TPSA) is 75.6 Å². The van der Waals surface area contributed by atoms with Gasteiger partial charge < -0.3 is 15.2 Å². The van der Waals surface area contributed by atoms with Gasteiger partial charge in [0.2, 0.25) is 0 Å². The van der Waals surface area contributed by atoms with Crippen LogP contribution in [0.25, 0.3) is 0 Å². The normalized spacial score (nSPS) is 17.1. The molecular weight excluding hydrogens is 222 g/mol. The zero-order valence-corrected chi connectivity index (χ0v) is 11.5. The van der Waals surface area contributed by atoms with Crippen molar-refractivity contribution in [2.75, 3.05) is 7.11 Å². The van der Waals surface area contributed by atoms with Gasteiger partial charge in [-0.3, -0.25) is 4.79 Å². The van der Waals surface area contributed by atoms with Gasteiger partial charge in [0.05, 0.1) is 0 Å². The number of hydrogen-bond acceptors (Lipinski definition) is 3. The Morgan fingerprint density at radius 1 is 1.29 bits per heavy atom. The van der Waals surface area contributed by atoms with E-state index in [-0.39, 0.29) is 0 Å². The fourth-order valence-corrected chi connectivity index (χ4v) is 1.33. The quantitative estimate of drug-likeness (QED) is 0.768. The summed E-state index contributed by atoms with van der Waals surface area (Å²) in [5.74, 6) is -1.44. The minimum absolute atomic E-state index is 0.398. The lowest BCUT2D eigenvalue weighted by molar-refractivity contribution is -0.151. The minimum atomic E-state index is -1.04. The largest absolute Gasteiger partial charge is 0.480 e. The third-order valence-electron chi connectivity index (χ3n) is 2.99. The number of ether oxygens (including phenoxy) is 1. The van der Waals surface area contributed by atoms with Gasteiger partial charge in [-0.15, -0.1) is 0 Å². The number of nitrogens with one attached hydrogen (secondary N) is 1. The van der Waals surface area contributed by atoms with Crippen LogP contribution in [0.2, 0.25) is 0 Å². The molecule has 5 heteroatoms. The summed E-state index contributed by atoms with van der Waals surface area (Å²) < 4.78 is 5.14. The fourth-order valence-electron chi connectivity index (χ4n) is 1.33. The van der Waals surface area contributed by atoms with E-state index in [1.807, 2.05) is 6.92 Å². The molecule has 0 spiro atoms. The van der Waals surface area contributed by atoms with Gasteiger partial charge in [0.15, 0.2) is 0 Å². The molecule has 0 fully saturated rings. The van der Waals surface area contributed by atoms with Gasteiger partial charge in [0.25, 0.3) is 5.91 Å². The maximum Gasteiger partial charge on any atom is 0.326 e. The highest BCUT2D eigenvalue weighted by atomic mass is 16.5. The number of carbonyl (C=O) groups excluding carboxylic acids is 1. The average molecular weight is 245 g/mol. The first kappa shape index (κ1) is 15.9. The monoisotopic (exact) mass is 245 g/mol. The van der Waals surface area contributed by atoms with Gasteiger partial charge in [-0.05, 0) is 18.8 Å². The highest BCUT2D eigenvalue weighted by Gasteiger charge is 2.38. The molecule has 1 amide bonds. The van der Waals surface area contributed by atoms with Crippen molar-refractivity contribution in [3.05, 3.63) is 0 Å². The zero-order chi connectivity index (χ0) is 13.9. The number of hydrogen-bond donors (Lipinski definition) is 2. The summed E-state index contributed by atoms with van der Waals surface area (Å²) in [5, 5.41) is 11.6. The molecule has 0 aliphatic carbocycles. The van der Waals surface area contributed by atoms with Crippen LogP contribution in [0.4, 0.5) is 0 Å². The van der Waals surface area contributed by atoms with Crippen LogP contribution < -0.4 is 5.32 Å². The van der Waals surface area contributed by atoms with Crippen LogP contribution in [0.15, 0.2) is 0 Å². The van der Waals surface area contributed by atoms with Crippen LogP contribution in [0.1, 0.15) is 41.0 Å². The average Bonchev–Trinajstić information content (AvgIpc) is 2.22. The summed E-state index contributed by atoms with van der Waals surface area (Å²) in [6.45, 7) is 8.76. The van der Waals surface area contributed by atoms with Crippen molar-refractivity contribution in [2.24, 2.45) is 5.41 Å². The molecule has 0 aromatic heterocycles. The predicted octanol–water partition coefficient (Wildman–Crippen LogP) is 1.42. The van der Waals surface area contributed by atoms with Gasteiger partial charge in [0.1, 0.15) is 11.6 Å². The third-order valence-corrected chi connectivity index (χ3v) is 2.99. The molecule has 17 heavy (non-hydrogen) atoms. The molecule has 0 heterocycles. The van der Waals surface area contributed by atoms with Crippen molar-refractivity contribution < 1.29 is 19.4 Å². The van der Waals surface area contributed by atoms with Gasteiger partial charge in [-0.2, -0.15) is 0 Å². The van der Waals surface area contributed by atoms with E-state index < -0.39 is 28.9 Å². The molecule has 0 aliphatic heterocycles. The molecule has 0 aliphatic rings. The summed E-state index contributed by atoms with van der Waals surface area (Å²) in [6, 6.07) is -0.934. The van der Waals surface area contributed by atoms with Gasteiger partial charge in [-0.1, -0.05) is 27.7 Å². The smallest absolute Gasteiger partial charge is 0.326 e. The van der Waals surface area contributed by atoms with Crippen molar-refractivity contribution in [1.29, 1.82) is 0 Å². The molecule has 0 saturated carbocycles. The Morgan fingerprint density at radius 3 is 2.00 bits per heavy atom. The van der Waals surface area contributed by atoms with Gasteiger partial charge in [-0.25, -0.2) is 4.79 Å². The van der Waals surface area contributed by atoms with Crippen LogP contribution in [-0.2, 0) is 14.3 Å². The molecule has 2 N–H and O–H groups in total. The van der Waals surface area contributed by atoms with Crippen LogP contribution in [0.3, 0.4) is 0 Å². The summed E-state index contributed by atoms with van der Waals surface area (Å²) in [6.07, 6.45) is 0.478. The molecule has 2 atom stereocenters. The number of aliphatic carboxylic acids is 1. The highest BCUT2D eigenvalue weighted by Crippen LogP contribution is 2.21. The lowest BCUT2D eigenvalue weighted by Crippen LogP contribution is -2.55. The Morgan fingerprint density at radius 2 is 1.76 bits per heavy atom. The van der Waals surface area contributed by atoms with Crippen LogP contribution in [0.5, 0.6) is 0 Å². The molecule has 0 rings (SSSR count). The number of carbonyl (C=O) groups is 2. The Kier molecular flexibility index (Phi) is 5.13. The summed E-state index contributed by atoms with van der Waals surface area (Å²) in [7, 11) is 1.44. The van der Waals surface area contributed by atoms with Crippen molar-refractivity contribution in [2.45, 2.75) is 52.7 Å². The summed E-state index contributed by atoms with van der Waals surface area (Å²) in [5.41, 5.74) is -1.54. The number of methoxy groups -OCH3 is 1. The maximum atomic E-state index is 12.0. The van der Waals surface area contributed by atoms with E-state index in [2.05, 4.69) is 5.32 Å². The molecule has 5 nitrogen and oxygen atoms in total. The molecule has 100 valence electrons. The van der Waals surface area contributed by atoms with E-state index in [0.717, 1.165) is 0 Å². The van der Waals surface area contributed by atoms with E-state index in [0.29, 0.717) is 6.42 Å². The number of rotatable bonds is 5. The molecular formula is C12H23NO4. The Bertz CT molecular complexity index is 289. The first-order valence-electron chi connectivity index (χ1n) is 5.67. The lowest BCUT2D eigenvalue weighted by atomic mass is 9.86. The second kappa shape index (κ2) is 5.49. The Balaban J connectivity index is 4.92. The van der Waals surface area contributed by atoms with Gasteiger partial charge >= 0.3 is 5.97 Å². The van der Waals surface area contributed by atoms with Gasteiger partial charge in [0, 0.05) is 7.11 Å². The van der Waals surface area contributed by atoms with Crippen molar-refractivity contribution in [3.63, 3.8) is 0 Å². The van der Waals surface area contributed by atoms with E-state index in [4.69, 9.17) is 9.84 Å². The standard InChI is InChI=1S/C12H23NO4/c1-7-12(5,17-6)10(16)13-8(9(14)15)11(2,3)4/h8H,7H2,1-6H3,(H,13,16)(H,14,15)/t8-,12?/m1/s1. The Hall–Kier alpha value is -1.10. The summed E-state index contributed by atoms with van der Waals surface area (Å²) >= 11 is 0. The van der Waals surface area contributed by atoms with E-state index in [9.17, 15) is 9.59 Å². The first-order chi connectivity index (χ1) is 7.58. The van der Waals surface area contributed by atoms with Crippen molar-refractivity contribution in [1.82, 2.24) is 5.32 Å². The fraction of sp³-hybridized carbons (Fsp3) is 0.833. The first-order valence-corrected chi connectivity index (χ1v) is 5.67. The SMILES string of the molecule is CCC(C)(OC)C(=O)N[C@H](C(=O)O)C(C)(C)C. The predicted molar refractivity (Wildman–Crippen MR) is 64.7 cm³/mol. The maximum absolute atomic E-state index is 12.0. The number of amides is 1. The van der Waals surface area contributed by atoms with Crippen LogP contribution >= 0.6 is 0 Å². The van der Waals surface area contributed by atoms with Crippen molar-refractivity contribution >= 4 is 11.9 Å². The van der Waals surface area contributed by atoms with E-state index in [1.54, 1.807) is 27.7 Å². The second-order valence-electron chi connectivity index (χ2n) is 5.40. The molecule has 0 radical (unpaired) electrons. The second-order valence-corrected chi connectivity index (χ2v) is 5.40. The molecule has 1 unspecified atom stereocenters.